The van der Waals surface area contributed by atoms with Crippen LogP contribution in [0.1, 0.15) is 30.1 Å². The first-order valence-corrected chi connectivity index (χ1v) is 8.14. The highest BCUT2D eigenvalue weighted by molar-refractivity contribution is 5.94. The maximum Gasteiger partial charge on any atom is 0.251 e. The molecule has 126 valence electrons. The Bertz CT molecular complexity index is 525. The molecule has 2 amide bonds. The van der Waals surface area contributed by atoms with Crippen LogP contribution in [0.3, 0.4) is 0 Å². The summed E-state index contributed by atoms with van der Waals surface area (Å²) >= 11 is 0. The summed E-state index contributed by atoms with van der Waals surface area (Å²) in [5, 5.41) is 2.75. The molecule has 0 bridgehead atoms. The van der Waals surface area contributed by atoms with Crippen LogP contribution in [0.2, 0.25) is 0 Å². The number of nitrogens with zero attached hydrogens (tertiary/aromatic N) is 2. The van der Waals surface area contributed by atoms with Crippen molar-refractivity contribution in [1.29, 1.82) is 0 Å². The normalized spacial score (nSPS) is 15.5. The van der Waals surface area contributed by atoms with Crippen LogP contribution in [0, 0.1) is 5.82 Å². The van der Waals surface area contributed by atoms with Gasteiger partial charge in [-0.05, 0) is 37.2 Å². The number of piperazine rings is 1. The van der Waals surface area contributed by atoms with Crippen molar-refractivity contribution in [2.45, 2.75) is 19.8 Å². The highest BCUT2D eigenvalue weighted by Gasteiger charge is 2.19. The molecule has 0 spiro atoms. The van der Waals surface area contributed by atoms with E-state index < -0.39 is 0 Å². The standard InChI is InChI=1S/C17H24FN3O2/c1-2-20-10-12-21(13-11-20)16(22)4-3-9-19-17(23)14-5-7-15(18)8-6-14/h5-8H,2-4,9-13H2,1H3,(H,19,23). The molecule has 0 aliphatic carbocycles. The average molecular weight is 321 g/mol. The lowest BCUT2D eigenvalue weighted by Gasteiger charge is -2.34. The van der Waals surface area contributed by atoms with Crippen molar-refractivity contribution in [3.05, 3.63) is 35.6 Å². The van der Waals surface area contributed by atoms with E-state index in [1.165, 1.54) is 24.3 Å². The molecular weight excluding hydrogens is 297 g/mol. The van der Waals surface area contributed by atoms with E-state index in [9.17, 15) is 14.0 Å². The van der Waals surface area contributed by atoms with E-state index in [2.05, 4.69) is 17.1 Å². The molecule has 2 rings (SSSR count). The third-order valence-electron chi connectivity index (χ3n) is 4.13. The van der Waals surface area contributed by atoms with Crippen molar-refractivity contribution in [2.75, 3.05) is 39.3 Å². The predicted octanol–water partition coefficient (Wildman–Crippen LogP) is 1.50. The number of benzene rings is 1. The lowest BCUT2D eigenvalue weighted by atomic mass is 10.2. The molecule has 1 saturated heterocycles. The molecule has 1 heterocycles. The monoisotopic (exact) mass is 321 g/mol. The van der Waals surface area contributed by atoms with Gasteiger partial charge in [0.25, 0.3) is 5.91 Å². The Kier molecular flexibility index (Phi) is 6.52. The summed E-state index contributed by atoms with van der Waals surface area (Å²) in [6.45, 7) is 7.03. The third kappa shape index (κ3) is 5.32. The summed E-state index contributed by atoms with van der Waals surface area (Å²) in [6, 6.07) is 5.41. The topological polar surface area (TPSA) is 52.6 Å². The number of hydrogen-bond acceptors (Lipinski definition) is 3. The van der Waals surface area contributed by atoms with Gasteiger partial charge in [-0.2, -0.15) is 0 Å². The van der Waals surface area contributed by atoms with Crippen molar-refractivity contribution in [1.82, 2.24) is 15.1 Å². The Morgan fingerprint density at radius 2 is 1.78 bits per heavy atom. The summed E-state index contributed by atoms with van der Waals surface area (Å²) < 4.78 is 12.8. The van der Waals surface area contributed by atoms with Gasteiger partial charge in [0, 0.05) is 44.7 Å². The minimum Gasteiger partial charge on any atom is -0.352 e. The zero-order valence-electron chi connectivity index (χ0n) is 13.6. The molecule has 1 aliphatic rings. The molecule has 0 unspecified atom stereocenters. The summed E-state index contributed by atoms with van der Waals surface area (Å²) in [6.07, 6.45) is 1.05. The first-order chi connectivity index (χ1) is 11.1. The fraction of sp³-hybridized carbons (Fsp3) is 0.529. The van der Waals surface area contributed by atoms with Crippen LogP contribution in [0.4, 0.5) is 4.39 Å². The van der Waals surface area contributed by atoms with Gasteiger partial charge in [0.1, 0.15) is 5.82 Å². The number of nitrogens with one attached hydrogen (secondary N) is 1. The van der Waals surface area contributed by atoms with E-state index in [1.807, 2.05) is 4.90 Å². The van der Waals surface area contributed by atoms with E-state index in [4.69, 9.17) is 0 Å². The van der Waals surface area contributed by atoms with Crippen LogP contribution in [0.25, 0.3) is 0 Å². The van der Waals surface area contributed by atoms with Crippen molar-refractivity contribution in [3.8, 4) is 0 Å². The van der Waals surface area contributed by atoms with Gasteiger partial charge in [-0.15, -0.1) is 0 Å². The van der Waals surface area contributed by atoms with Crippen molar-refractivity contribution < 1.29 is 14.0 Å². The number of carbonyl (C=O) groups excluding carboxylic acids is 2. The molecule has 0 aromatic heterocycles. The molecule has 23 heavy (non-hydrogen) atoms. The lowest BCUT2D eigenvalue weighted by Crippen LogP contribution is -2.48. The lowest BCUT2D eigenvalue weighted by molar-refractivity contribution is -0.133. The minimum atomic E-state index is -0.365. The van der Waals surface area contributed by atoms with E-state index in [-0.39, 0.29) is 17.6 Å². The number of amides is 2. The summed E-state index contributed by atoms with van der Waals surface area (Å²) in [7, 11) is 0. The van der Waals surface area contributed by atoms with Gasteiger partial charge in [0.15, 0.2) is 0 Å². The van der Waals surface area contributed by atoms with Gasteiger partial charge in [-0.1, -0.05) is 6.92 Å². The molecule has 0 radical (unpaired) electrons. The smallest absolute Gasteiger partial charge is 0.251 e. The Morgan fingerprint density at radius 3 is 2.39 bits per heavy atom. The van der Waals surface area contributed by atoms with E-state index >= 15 is 0 Å². The van der Waals surface area contributed by atoms with Crippen LogP contribution >= 0.6 is 0 Å². The number of halogens is 1. The molecule has 1 N–H and O–H groups in total. The van der Waals surface area contributed by atoms with Crippen LogP contribution in [0.15, 0.2) is 24.3 Å². The third-order valence-corrected chi connectivity index (χ3v) is 4.13. The fourth-order valence-corrected chi connectivity index (χ4v) is 2.62. The maximum absolute atomic E-state index is 12.8. The molecular formula is C17H24FN3O2. The van der Waals surface area contributed by atoms with Crippen molar-refractivity contribution in [2.24, 2.45) is 0 Å². The van der Waals surface area contributed by atoms with Crippen molar-refractivity contribution >= 4 is 11.8 Å². The SMILES string of the molecule is CCN1CCN(C(=O)CCCNC(=O)c2ccc(F)cc2)CC1. The second-order valence-corrected chi connectivity index (χ2v) is 5.68. The Balaban J connectivity index is 1.64. The van der Waals surface area contributed by atoms with Gasteiger partial charge in [-0.3, -0.25) is 9.59 Å². The molecule has 0 saturated carbocycles. The maximum atomic E-state index is 12.8. The van der Waals surface area contributed by atoms with Crippen LogP contribution in [-0.2, 0) is 4.79 Å². The highest BCUT2D eigenvalue weighted by atomic mass is 19.1. The van der Waals surface area contributed by atoms with Gasteiger partial charge in [-0.25, -0.2) is 4.39 Å². The summed E-state index contributed by atoms with van der Waals surface area (Å²) in [5.41, 5.74) is 0.424. The van der Waals surface area contributed by atoms with Gasteiger partial charge in [0.05, 0.1) is 0 Å². The number of rotatable bonds is 6. The Morgan fingerprint density at radius 1 is 1.13 bits per heavy atom. The Hall–Kier alpha value is -1.95. The molecule has 1 aromatic carbocycles. The van der Waals surface area contributed by atoms with Gasteiger partial charge < -0.3 is 15.1 Å². The van der Waals surface area contributed by atoms with Crippen molar-refractivity contribution in [3.63, 3.8) is 0 Å². The molecule has 6 heteroatoms. The van der Waals surface area contributed by atoms with Gasteiger partial charge in [0.2, 0.25) is 5.91 Å². The Labute approximate surface area is 136 Å². The van der Waals surface area contributed by atoms with Gasteiger partial charge >= 0.3 is 0 Å². The van der Waals surface area contributed by atoms with E-state index in [1.54, 1.807) is 0 Å². The first-order valence-electron chi connectivity index (χ1n) is 8.14. The first kappa shape index (κ1) is 17.4. The molecule has 1 aromatic rings. The van der Waals surface area contributed by atoms with Crippen LogP contribution < -0.4 is 5.32 Å². The van der Waals surface area contributed by atoms with Crippen LogP contribution in [-0.4, -0.2) is 60.9 Å². The second kappa shape index (κ2) is 8.62. The predicted molar refractivity (Wildman–Crippen MR) is 86.7 cm³/mol. The quantitative estimate of drug-likeness (QED) is 0.808. The van der Waals surface area contributed by atoms with Crippen LogP contribution in [0.5, 0.6) is 0 Å². The molecule has 1 fully saturated rings. The molecule has 5 nitrogen and oxygen atoms in total. The van der Waals surface area contributed by atoms with E-state index in [0.29, 0.717) is 24.9 Å². The summed E-state index contributed by atoms with van der Waals surface area (Å²) in [5.74, 6) is -0.457. The highest BCUT2D eigenvalue weighted by Crippen LogP contribution is 2.05. The second-order valence-electron chi connectivity index (χ2n) is 5.68. The summed E-state index contributed by atoms with van der Waals surface area (Å²) in [4.78, 5) is 28.2. The molecule has 0 atom stereocenters. The number of carbonyl (C=O) groups is 2. The number of hydrogen-bond donors (Lipinski definition) is 1. The number of likely N-dealkylation sites (N-methyl/N-ethyl adjacent to an activating group) is 1. The minimum absolute atomic E-state index is 0.150. The average Bonchev–Trinajstić information content (AvgIpc) is 2.59. The largest absolute Gasteiger partial charge is 0.352 e. The zero-order chi connectivity index (χ0) is 16.7. The molecule has 1 aliphatic heterocycles. The fourth-order valence-electron chi connectivity index (χ4n) is 2.62. The van der Waals surface area contributed by atoms with E-state index in [0.717, 1.165) is 32.7 Å². The zero-order valence-corrected chi connectivity index (χ0v) is 13.6.